The number of amides is 1. The summed E-state index contributed by atoms with van der Waals surface area (Å²) in [5.74, 6) is -0.338. The van der Waals surface area contributed by atoms with E-state index in [-0.39, 0.29) is 11.9 Å². The second-order valence-electron chi connectivity index (χ2n) is 1.56. The Bertz CT molecular complexity index is 152. The smallest absolute Gasteiger partial charge is 0.225 e. The molecule has 0 aromatic carbocycles. The SMILES string of the molecule is C=NC(=N)N(C)C(C)=O. The first-order chi connectivity index (χ1) is 4.09. The third-order valence-corrected chi connectivity index (χ3v) is 0.940. The van der Waals surface area contributed by atoms with Crippen molar-refractivity contribution in [3.8, 4) is 0 Å². The largest absolute Gasteiger partial charge is 0.285 e. The highest BCUT2D eigenvalue weighted by atomic mass is 16.2. The summed E-state index contributed by atoms with van der Waals surface area (Å²) in [7, 11) is 1.47. The highest BCUT2D eigenvalue weighted by molar-refractivity contribution is 5.95. The molecule has 0 heterocycles. The zero-order valence-electron chi connectivity index (χ0n) is 5.51. The molecule has 0 bridgehead atoms. The van der Waals surface area contributed by atoms with Gasteiger partial charge in [0.2, 0.25) is 11.9 Å². The molecule has 0 fully saturated rings. The van der Waals surface area contributed by atoms with Gasteiger partial charge in [-0.2, -0.15) is 0 Å². The fourth-order valence-electron chi connectivity index (χ4n) is 0.255. The quantitative estimate of drug-likeness (QED) is 0.364. The summed E-state index contributed by atoms with van der Waals surface area (Å²) in [6, 6.07) is 0. The molecule has 0 unspecified atom stereocenters. The Hall–Kier alpha value is -1.19. The van der Waals surface area contributed by atoms with Crippen LogP contribution in [-0.4, -0.2) is 30.5 Å². The molecule has 0 aliphatic carbocycles. The standard InChI is InChI=1S/C5H9N3O/c1-4(9)8(3)5(6)7-2/h6H,2H2,1,3H3. The maximum absolute atomic E-state index is 10.4. The zero-order valence-corrected chi connectivity index (χ0v) is 5.51. The Morgan fingerprint density at radius 1 is 1.78 bits per heavy atom. The number of rotatable bonds is 0. The molecule has 0 saturated heterocycles. The summed E-state index contributed by atoms with van der Waals surface area (Å²) in [6.07, 6.45) is 0. The van der Waals surface area contributed by atoms with Crippen molar-refractivity contribution >= 4 is 18.6 Å². The lowest BCUT2D eigenvalue weighted by Gasteiger charge is -2.09. The first kappa shape index (κ1) is 7.81. The summed E-state index contributed by atoms with van der Waals surface area (Å²) >= 11 is 0. The highest BCUT2D eigenvalue weighted by Gasteiger charge is 2.04. The molecule has 0 atom stereocenters. The van der Waals surface area contributed by atoms with Gasteiger partial charge in [0, 0.05) is 14.0 Å². The van der Waals surface area contributed by atoms with Crippen LogP contribution in [-0.2, 0) is 4.79 Å². The minimum atomic E-state index is -0.215. The molecule has 1 N–H and O–H groups in total. The van der Waals surface area contributed by atoms with Crippen LogP contribution in [0.3, 0.4) is 0 Å². The Kier molecular flexibility index (Phi) is 2.57. The number of hydrogen-bond donors (Lipinski definition) is 1. The minimum Gasteiger partial charge on any atom is -0.285 e. The summed E-state index contributed by atoms with van der Waals surface area (Å²) in [4.78, 5) is 14.8. The van der Waals surface area contributed by atoms with E-state index in [0.717, 1.165) is 4.90 Å². The second kappa shape index (κ2) is 2.96. The van der Waals surface area contributed by atoms with Gasteiger partial charge in [0.25, 0.3) is 0 Å². The van der Waals surface area contributed by atoms with E-state index in [4.69, 9.17) is 5.41 Å². The number of hydrogen-bond acceptors (Lipinski definition) is 2. The van der Waals surface area contributed by atoms with Gasteiger partial charge < -0.3 is 0 Å². The van der Waals surface area contributed by atoms with Crippen molar-refractivity contribution in [2.45, 2.75) is 6.92 Å². The maximum Gasteiger partial charge on any atom is 0.225 e. The van der Waals surface area contributed by atoms with Crippen LogP contribution in [0.25, 0.3) is 0 Å². The predicted molar refractivity (Wildman–Crippen MR) is 35.7 cm³/mol. The van der Waals surface area contributed by atoms with Crippen molar-refractivity contribution in [1.29, 1.82) is 5.41 Å². The number of carbonyl (C=O) groups excluding carboxylic acids is 1. The molecular formula is C5H9N3O. The Labute approximate surface area is 53.7 Å². The molecule has 4 nitrogen and oxygen atoms in total. The maximum atomic E-state index is 10.4. The lowest BCUT2D eigenvalue weighted by atomic mass is 10.6. The van der Waals surface area contributed by atoms with Gasteiger partial charge in [0.05, 0.1) is 0 Å². The van der Waals surface area contributed by atoms with E-state index in [1.165, 1.54) is 14.0 Å². The Morgan fingerprint density at radius 2 is 2.22 bits per heavy atom. The molecule has 0 rings (SSSR count). The van der Waals surface area contributed by atoms with E-state index < -0.39 is 0 Å². The minimum absolute atomic E-state index is 0.123. The molecule has 0 saturated carbocycles. The monoisotopic (exact) mass is 127 g/mol. The van der Waals surface area contributed by atoms with Crippen LogP contribution in [0.2, 0.25) is 0 Å². The van der Waals surface area contributed by atoms with Gasteiger partial charge in [-0.05, 0) is 6.72 Å². The predicted octanol–water partition coefficient (Wildman–Crippen LogP) is 0.100. The molecule has 9 heavy (non-hydrogen) atoms. The van der Waals surface area contributed by atoms with E-state index in [0.29, 0.717) is 0 Å². The van der Waals surface area contributed by atoms with Crippen LogP contribution in [0.5, 0.6) is 0 Å². The lowest BCUT2D eigenvalue weighted by Crippen LogP contribution is -2.28. The van der Waals surface area contributed by atoms with Crippen molar-refractivity contribution < 1.29 is 4.79 Å². The van der Waals surface area contributed by atoms with Crippen molar-refractivity contribution in [2.24, 2.45) is 4.99 Å². The summed E-state index contributed by atoms with van der Waals surface area (Å²) in [5.41, 5.74) is 0. The number of nitrogens with one attached hydrogen (secondary N) is 1. The average Bonchev–Trinajstić information content (AvgIpc) is 1.84. The van der Waals surface area contributed by atoms with Gasteiger partial charge in [0.1, 0.15) is 0 Å². The number of nitrogens with zero attached hydrogens (tertiary/aromatic N) is 2. The fraction of sp³-hybridized carbons (Fsp3) is 0.400. The van der Waals surface area contributed by atoms with Gasteiger partial charge in [0.15, 0.2) is 0 Å². The molecule has 4 heteroatoms. The van der Waals surface area contributed by atoms with Crippen molar-refractivity contribution in [1.82, 2.24) is 4.90 Å². The molecule has 0 spiro atoms. The molecule has 50 valence electrons. The number of aliphatic imine (C=N–C) groups is 1. The molecular weight excluding hydrogens is 118 g/mol. The first-order valence-electron chi connectivity index (χ1n) is 2.39. The fourth-order valence-corrected chi connectivity index (χ4v) is 0.255. The molecule has 1 amide bonds. The van der Waals surface area contributed by atoms with Crippen LogP contribution in [0.4, 0.5) is 0 Å². The molecule has 0 aliphatic heterocycles. The molecule has 0 aromatic rings. The van der Waals surface area contributed by atoms with E-state index in [1.54, 1.807) is 0 Å². The highest BCUT2D eigenvalue weighted by Crippen LogP contribution is 1.84. The van der Waals surface area contributed by atoms with Gasteiger partial charge >= 0.3 is 0 Å². The van der Waals surface area contributed by atoms with Gasteiger partial charge in [-0.3, -0.25) is 15.1 Å². The van der Waals surface area contributed by atoms with Crippen molar-refractivity contribution in [3.63, 3.8) is 0 Å². The van der Waals surface area contributed by atoms with Crippen molar-refractivity contribution in [2.75, 3.05) is 7.05 Å². The van der Waals surface area contributed by atoms with E-state index >= 15 is 0 Å². The van der Waals surface area contributed by atoms with Crippen molar-refractivity contribution in [3.05, 3.63) is 0 Å². The van der Waals surface area contributed by atoms with Gasteiger partial charge in [-0.25, -0.2) is 4.99 Å². The Balaban J connectivity index is 4.03. The normalized spacial score (nSPS) is 8.22. The lowest BCUT2D eigenvalue weighted by molar-refractivity contribution is -0.124. The van der Waals surface area contributed by atoms with Crippen LogP contribution in [0, 0.1) is 5.41 Å². The van der Waals surface area contributed by atoms with Gasteiger partial charge in [-0.1, -0.05) is 0 Å². The van der Waals surface area contributed by atoms with E-state index in [9.17, 15) is 4.79 Å². The average molecular weight is 127 g/mol. The van der Waals surface area contributed by atoms with E-state index in [1.807, 2.05) is 0 Å². The zero-order chi connectivity index (χ0) is 7.44. The van der Waals surface area contributed by atoms with Crippen LogP contribution in [0.1, 0.15) is 6.92 Å². The topological polar surface area (TPSA) is 56.5 Å². The van der Waals surface area contributed by atoms with Crippen LogP contribution >= 0.6 is 0 Å². The molecule has 0 radical (unpaired) electrons. The molecule has 0 aromatic heterocycles. The Morgan fingerprint density at radius 3 is 2.33 bits per heavy atom. The van der Waals surface area contributed by atoms with Crippen LogP contribution < -0.4 is 0 Å². The van der Waals surface area contributed by atoms with Crippen LogP contribution in [0.15, 0.2) is 4.99 Å². The van der Waals surface area contributed by atoms with E-state index in [2.05, 4.69) is 11.7 Å². The first-order valence-corrected chi connectivity index (χ1v) is 2.39. The summed E-state index contributed by atoms with van der Waals surface area (Å²) in [6.45, 7) is 4.46. The third-order valence-electron chi connectivity index (χ3n) is 0.940. The van der Waals surface area contributed by atoms with Gasteiger partial charge in [-0.15, -0.1) is 0 Å². The third kappa shape index (κ3) is 2.03. The number of guanidine groups is 1. The molecule has 0 aliphatic rings. The summed E-state index contributed by atoms with van der Waals surface area (Å²) < 4.78 is 0. The second-order valence-corrected chi connectivity index (χ2v) is 1.56. The summed E-state index contributed by atoms with van der Waals surface area (Å²) in [5, 5.41) is 6.95. The number of carbonyl (C=O) groups is 1.